The van der Waals surface area contributed by atoms with Crippen molar-refractivity contribution in [2.45, 2.75) is 37.8 Å². The van der Waals surface area contributed by atoms with Gasteiger partial charge in [0.15, 0.2) is 5.82 Å². The highest BCUT2D eigenvalue weighted by atomic mass is 35.5. The van der Waals surface area contributed by atoms with Gasteiger partial charge in [0.05, 0.1) is 5.02 Å². The molecular formula is C32H34ClFN6O. The van der Waals surface area contributed by atoms with E-state index in [1.54, 1.807) is 12.1 Å². The number of likely N-dealkylation sites (tertiary alicyclic amines) is 1. The fourth-order valence-electron chi connectivity index (χ4n) is 7.87. The topological polar surface area (TPSA) is 67.8 Å². The number of rotatable bonds is 3. The first kappa shape index (κ1) is 25.5. The van der Waals surface area contributed by atoms with Crippen LogP contribution in [0.1, 0.15) is 25.7 Å². The molecule has 4 saturated heterocycles. The fourth-order valence-corrected chi connectivity index (χ4v) is 8.16. The van der Waals surface area contributed by atoms with Gasteiger partial charge in [-0.05, 0) is 73.8 Å². The quantitative estimate of drug-likeness (QED) is 0.340. The number of phenols is 1. The number of nitrogens with one attached hydrogen (secondary N) is 1. The number of phenolic OH excluding ortho intramolecular Hbond substituents is 1. The summed E-state index contributed by atoms with van der Waals surface area (Å²) in [4.78, 5) is 17.1. The van der Waals surface area contributed by atoms with Crippen molar-refractivity contribution in [1.82, 2.24) is 20.2 Å². The first-order chi connectivity index (χ1) is 19.9. The molecule has 9 heteroatoms. The second-order valence-electron chi connectivity index (χ2n) is 12.7. The molecule has 3 aromatic carbocycles. The van der Waals surface area contributed by atoms with E-state index in [1.165, 1.54) is 6.42 Å². The molecule has 41 heavy (non-hydrogen) atoms. The van der Waals surface area contributed by atoms with Crippen molar-refractivity contribution in [3.8, 4) is 16.9 Å². The molecule has 212 valence electrons. The molecule has 2 N–H and O–H groups in total. The SMILES string of the molecule is CN1CCC2(CCN(c3nc(N4CC5CCC(C4)N5)c4cc(Cl)c(-c5cc(O)cc6ccccc56)c(F)c4n3)C2)C1. The molecule has 4 aliphatic heterocycles. The van der Waals surface area contributed by atoms with Gasteiger partial charge < -0.3 is 25.1 Å². The minimum absolute atomic E-state index is 0.0681. The van der Waals surface area contributed by atoms with E-state index in [9.17, 15) is 5.11 Å². The molecule has 2 bridgehead atoms. The lowest BCUT2D eigenvalue weighted by atomic mass is 9.86. The van der Waals surface area contributed by atoms with Gasteiger partial charge in [0, 0.05) is 61.2 Å². The van der Waals surface area contributed by atoms with Gasteiger partial charge in [-0.2, -0.15) is 4.98 Å². The summed E-state index contributed by atoms with van der Waals surface area (Å²) in [6.07, 6.45) is 4.54. The fraction of sp³-hybridized carbons (Fsp3) is 0.438. The Labute approximate surface area is 243 Å². The molecule has 8 rings (SSSR count). The second kappa shape index (κ2) is 9.41. The normalized spacial score (nSPS) is 26.3. The number of hydrogen-bond donors (Lipinski definition) is 2. The number of hydrogen-bond acceptors (Lipinski definition) is 7. The van der Waals surface area contributed by atoms with Crippen LogP contribution in [-0.4, -0.2) is 78.4 Å². The summed E-state index contributed by atoms with van der Waals surface area (Å²) in [5.74, 6) is 0.957. The van der Waals surface area contributed by atoms with Crippen molar-refractivity contribution >= 4 is 45.0 Å². The van der Waals surface area contributed by atoms with Gasteiger partial charge >= 0.3 is 0 Å². The Balaban J connectivity index is 1.31. The van der Waals surface area contributed by atoms with Crippen LogP contribution in [0, 0.1) is 11.2 Å². The average molecular weight is 573 g/mol. The van der Waals surface area contributed by atoms with Crippen LogP contribution in [0.4, 0.5) is 16.2 Å². The third-order valence-electron chi connectivity index (χ3n) is 9.83. The van der Waals surface area contributed by atoms with Gasteiger partial charge in [-0.15, -0.1) is 0 Å². The summed E-state index contributed by atoms with van der Waals surface area (Å²) in [6, 6.07) is 13.6. The largest absolute Gasteiger partial charge is 0.508 e. The highest BCUT2D eigenvalue weighted by Crippen LogP contribution is 2.44. The maximum Gasteiger partial charge on any atom is 0.228 e. The Bertz CT molecular complexity index is 1690. The molecule has 3 unspecified atom stereocenters. The monoisotopic (exact) mass is 572 g/mol. The number of aromatic hydroxyl groups is 1. The summed E-state index contributed by atoms with van der Waals surface area (Å²) in [5, 5.41) is 16.8. The standard InChI is InChI=1S/C32H34ClFN6O/c1-38-10-8-32(17-38)9-11-39(18-32)31-36-29-25(30(37-31)40-15-20-6-7-21(16-40)35-20)14-26(33)27(28(29)34)24-13-22(41)12-19-4-2-3-5-23(19)24/h2-5,12-14,20-21,35,41H,6-11,15-18H2,1H3. The first-order valence-corrected chi connectivity index (χ1v) is 15.1. The van der Waals surface area contributed by atoms with Gasteiger partial charge in [0.2, 0.25) is 5.95 Å². The Morgan fingerprint density at radius 1 is 0.976 bits per heavy atom. The molecule has 0 saturated carbocycles. The molecule has 5 heterocycles. The summed E-state index contributed by atoms with van der Waals surface area (Å²) >= 11 is 6.92. The molecule has 4 fully saturated rings. The van der Waals surface area contributed by atoms with E-state index in [-0.39, 0.29) is 27.3 Å². The smallest absolute Gasteiger partial charge is 0.228 e. The van der Waals surface area contributed by atoms with Gasteiger partial charge in [-0.1, -0.05) is 35.9 Å². The van der Waals surface area contributed by atoms with Crippen LogP contribution in [0.25, 0.3) is 32.8 Å². The minimum atomic E-state index is -0.472. The zero-order chi connectivity index (χ0) is 27.9. The summed E-state index contributed by atoms with van der Waals surface area (Å²) < 4.78 is 16.9. The third-order valence-corrected chi connectivity index (χ3v) is 10.1. The third kappa shape index (κ3) is 4.22. The molecule has 0 amide bonds. The minimum Gasteiger partial charge on any atom is -0.508 e. The Kier molecular flexibility index (Phi) is 5.85. The predicted octanol–water partition coefficient (Wildman–Crippen LogP) is 5.42. The van der Waals surface area contributed by atoms with E-state index in [0.717, 1.165) is 75.1 Å². The molecular weight excluding hydrogens is 539 g/mol. The number of anilines is 2. The first-order valence-electron chi connectivity index (χ1n) is 14.7. The van der Waals surface area contributed by atoms with Crippen molar-refractivity contribution in [2.24, 2.45) is 5.41 Å². The summed E-state index contributed by atoms with van der Waals surface area (Å²) in [6.45, 7) is 5.59. The maximum absolute atomic E-state index is 16.9. The lowest BCUT2D eigenvalue weighted by molar-refractivity contribution is 0.312. The highest BCUT2D eigenvalue weighted by molar-refractivity contribution is 6.35. The molecule has 4 aromatic rings. The van der Waals surface area contributed by atoms with Crippen LogP contribution in [0.3, 0.4) is 0 Å². The molecule has 0 aliphatic carbocycles. The molecule has 3 atom stereocenters. The van der Waals surface area contributed by atoms with Crippen molar-refractivity contribution in [1.29, 1.82) is 0 Å². The van der Waals surface area contributed by atoms with E-state index in [0.29, 0.717) is 29.0 Å². The zero-order valence-corrected chi connectivity index (χ0v) is 24.0. The lowest BCUT2D eigenvalue weighted by Gasteiger charge is -2.35. The molecule has 1 aromatic heterocycles. The van der Waals surface area contributed by atoms with Crippen molar-refractivity contribution < 1.29 is 9.50 Å². The maximum atomic E-state index is 16.9. The van der Waals surface area contributed by atoms with E-state index in [2.05, 4.69) is 27.1 Å². The highest BCUT2D eigenvalue weighted by Gasteiger charge is 2.43. The number of nitrogens with zero attached hydrogens (tertiary/aromatic N) is 5. The lowest BCUT2D eigenvalue weighted by Crippen LogP contribution is -2.51. The van der Waals surface area contributed by atoms with Gasteiger partial charge in [0.25, 0.3) is 0 Å². The van der Waals surface area contributed by atoms with Crippen LogP contribution in [0.2, 0.25) is 5.02 Å². The Morgan fingerprint density at radius 3 is 2.54 bits per heavy atom. The van der Waals surface area contributed by atoms with E-state index in [1.807, 2.05) is 30.3 Å². The van der Waals surface area contributed by atoms with E-state index < -0.39 is 5.82 Å². The van der Waals surface area contributed by atoms with Crippen LogP contribution >= 0.6 is 11.6 Å². The molecule has 0 radical (unpaired) electrons. The summed E-state index contributed by atoms with van der Waals surface area (Å²) in [7, 11) is 2.19. The predicted molar refractivity (Wildman–Crippen MR) is 163 cm³/mol. The molecule has 1 spiro atoms. The second-order valence-corrected chi connectivity index (χ2v) is 13.1. The molecule has 7 nitrogen and oxygen atoms in total. The van der Waals surface area contributed by atoms with Gasteiger partial charge in [-0.3, -0.25) is 0 Å². The number of benzene rings is 3. The van der Waals surface area contributed by atoms with Gasteiger partial charge in [-0.25, -0.2) is 9.37 Å². The summed E-state index contributed by atoms with van der Waals surface area (Å²) in [5.41, 5.74) is 1.34. The van der Waals surface area contributed by atoms with Crippen molar-refractivity contribution in [2.75, 3.05) is 56.1 Å². The van der Waals surface area contributed by atoms with Crippen molar-refractivity contribution in [3.63, 3.8) is 0 Å². The number of aromatic nitrogens is 2. The van der Waals surface area contributed by atoms with E-state index >= 15 is 4.39 Å². The zero-order valence-electron chi connectivity index (χ0n) is 23.2. The van der Waals surface area contributed by atoms with Crippen LogP contribution in [0.15, 0.2) is 42.5 Å². The number of halogens is 2. The van der Waals surface area contributed by atoms with Crippen LogP contribution < -0.4 is 15.1 Å². The van der Waals surface area contributed by atoms with Crippen LogP contribution in [-0.2, 0) is 0 Å². The van der Waals surface area contributed by atoms with E-state index in [4.69, 9.17) is 21.6 Å². The van der Waals surface area contributed by atoms with Gasteiger partial charge in [0.1, 0.15) is 17.1 Å². The van der Waals surface area contributed by atoms with Crippen molar-refractivity contribution in [3.05, 3.63) is 53.3 Å². The average Bonchev–Trinajstić information content (AvgIpc) is 3.65. The number of fused-ring (bicyclic) bond motifs is 4. The van der Waals surface area contributed by atoms with Crippen LogP contribution in [0.5, 0.6) is 5.75 Å². The molecule has 4 aliphatic rings. The number of piperazine rings is 1. The Hall–Kier alpha value is -3.20. The Morgan fingerprint density at radius 2 is 1.76 bits per heavy atom.